The number of halogens is 2. The zero-order valence-electron chi connectivity index (χ0n) is 8.46. The molecule has 88 valence electrons. The average Bonchev–Trinajstić information content (AvgIpc) is 2.22. The summed E-state index contributed by atoms with van der Waals surface area (Å²) < 4.78 is 0. The molecule has 0 aromatic heterocycles. The fraction of sp³-hybridized carbons (Fsp3) is 0.300. The summed E-state index contributed by atoms with van der Waals surface area (Å²) in [5, 5.41) is 14.7. The highest BCUT2D eigenvalue weighted by atomic mass is 35.5. The van der Waals surface area contributed by atoms with Gasteiger partial charge in [-0.2, -0.15) is 0 Å². The first-order chi connectivity index (χ1) is 7.59. The molecule has 0 saturated heterocycles. The van der Waals surface area contributed by atoms with E-state index < -0.39 is 6.09 Å². The van der Waals surface area contributed by atoms with Crippen LogP contribution in [0, 0.1) is 0 Å². The lowest BCUT2D eigenvalue weighted by Gasteiger charge is -2.05. The first kappa shape index (κ1) is 13.1. The van der Waals surface area contributed by atoms with Crippen molar-refractivity contribution in [1.82, 2.24) is 10.6 Å². The molecule has 1 aromatic carbocycles. The summed E-state index contributed by atoms with van der Waals surface area (Å²) in [6, 6.07) is 5.38. The van der Waals surface area contributed by atoms with Crippen molar-refractivity contribution in [2.75, 3.05) is 13.1 Å². The Bertz CT molecular complexity index is 372. The lowest BCUT2D eigenvalue weighted by atomic mass is 10.2. The molecule has 1 aromatic rings. The molecule has 0 radical (unpaired) electrons. The minimum atomic E-state index is -1.02. The van der Waals surface area contributed by atoms with Crippen molar-refractivity contribution in [3.05, 3.63) is 33.8 Å². The molecule has 0 heterocycles. The van der Waals surface area contributed by atoms with Gasteiger partial charge >= 0.3 is 6.09 Å². The van der Waals surface area contributed by atoms with Gasteiger partial charge in [-0.15, -0.1) is 0 Å². The number of carbonyl (C=O) groups is 1. The first-order valence-corrected chi connectivity index (χ1v) is 5.46. The van der Waals surface area contributed by atoms with E-state index in [0.29, 0.717) is 29.7 Å². The minimum Gasteiger partial charge on any atom is -0.465 e. The van der Waals surface area contributed by atoms with Gasteiger partial charge in [0.1, 0.15) is 0 Å². The van der Waals surface area contributed by atoms with Gasteiger partial charge in [-0.05, 0) is 17.7 Å². The van der Waals surface area contributed by atoms with Gasteiger partial charge in [-0.25, -0.2) is 4.79 Å². The van der Waals surface area contributed by atoms with Gasteiger partial charge in [0.2, 0.25) is 0 Å². The lowest BCUT2D eigenvalue weighted by Crippen LogP contribution is -2.30. The predicted molar refractivity (Wildman–Crippen MR) is 64.2 cm³/mol. The topological polar surface area (TPSA) is 61.4 Å². The molecule has 0 bridgehead atoms. The maximum atomic E-state index is 10.1. The molecule has 0 aliphatic carbocycles. The van der Waals surface area contributed by atoms with Crippen LogP contribution < -0.4 is 10.6 Å². The average molecular weight is 263 g/mol. The van der Waals surface area contributed by atoms with E-state index in [0.717, 1.165) is 5.56 Å². The number of benzene rings is 1. The summed E-state index contributed by atoms with van der Waals surface area (Å²) in [4.78, 5) is 10.1. The molecule has 0 spiro atoms. The van der Waals surface area contributed by atoms with Crippen LogP contribution in [0.15, 0.2) is 18.2 Å². The number of hydrogen-bond donors (Lipinski definition) is 3. The second kappa shape index (κ2) is 6.58. The molecule has 16 heavy (non-hydrogen) atoms. The summed E-state index contributed by atoms with van der Waals surface area (Å²) in [5.41, 5.74) is 1.00. The Morgan fingerprint density at radius 1 is 1.25 bits per heavy atom. The molecule has 0 aliphatic heterocycles. The number of nitrogens with one attached hydrogen (secondary N) is 2. The highest BCUT2D eigenvalue weighted by molar-refractivity contribution is 6.42. The zero-order valence-corrected chi connectivity index (χ0v) is 9.98. The Morgan fingerprint density at radius 2 is 2.00 bits per heavy atom. The van der Waals surface area contributed by atoms with Crippen LogP contribution in [-0.2, 0) is 6.54 Å². The molecule has 0 saturated carbocycles. The van der Waals surface area contributed by atoms with Gasteiger partial charge in [-0.1, -0.05) is 29.3 Å². The third-order valence-electron chi connectivity index (χ3n) is 1.89. The number of carboxylic acid groups (broad SMARTS) is 1. The van der Waals surface area contributed by atoms with E-state index in [1.807, 2.05) is 6.07 Å². The van der Waals surface area contributed by atoms with E-state index in [2.05, 4.69) is 10.6 Å². The van der Waals surface area contributed by atoms with Crippen molar-refractivity contribution in [1.29, 1.82) is 0 Å². The summed E-state index contributed by atoms with van der Waals surface area (Å²) in [7, 11) is 0. The molecular formula is C10H12Cl2N2O2. The van der Waals surface area contributed by atoms with Crippen LogP contribution in [0.1, 0.15) is 5.56 Å². The van der Waals surface area contributed by atoms with E-state index in [9.17, 15) is 4.79 Å². The van der Waals surface area contributed by atoms with E-state index in [4.69, 9.17) is 28.3 Å². The van der Waals surface area contributed by atoms with E-state index in [1.165, 1.54) is 0 Å². The number of rotatable bonds is 5. The van der Waals surface area contributed by atoms with Crippen molar-refractivity contribution < 1.29 is 9.90 Å². The number of hydrogen-bond acceptors (Lipinski definition) is 2. The third-order valence-corrected chi connectivity index (χ3v) is 2.63. The van der Waals surface area contributed by atoms with Gasteiger partial charge in [-0.3, -0.25) is 0 Å². The Labute approximate surface area is 104 Å². The van der Waals surface area contributed by atoms with Crippen molar-refractivity contribution in [3.8, 4) is 0 Å². The maximum Gasteiger partial charge on any atom is 0.404 e. The van der Waals surface area contributed by atoms with E-state index >= 15 is 0 Å². The van der Waals surface area contributed by atoms with Gasteiger partial charge in [0, 0.05) is 19.6 Å². The molecule has 0 fully saturated rings. The van der Waals surface area contributed by atoms with Crippen molar-refractivity contribution in [2.24, 2.45) is 0 Å². The molecule has 6 heteroatoms. The molecular weight excluding hydrogens is 251 g/mol. The van der Waals surface area contributed by atoms with Crippen LogP contribution in [0.3, 0.4) is 0 Å². The predicted octanol–water partition coefficient (Wildman–Crippen LogP) is 2.35. The third kappa shape index (κ3) is 4.70. The summed E-state index contributed by atoms with van der Waals surface area (Å²) in [5.74, 6) is 0. The molecule has 1 rings (SSSR count). The van der Waals surface area contributed by atoms with Crippen LogP contribution >= 0.6 is 23.2 Å². The van der Waals surface area contributed by atoms with E-state index in [-0.39, 0.29) is 0 Å². The normalized spacial score (nSPS) is 10.1. The Balaban J connectivity index is 2.27. The van der Waals surface area contributed by atoms with Crippen molar-refractivity contribution in [3.63, 3.8) is 0 Å². The van der Waals surface area contributed by atoms with Crippen LogP contribution in [0.5, 0.6) is 0 Å². The smallest absolute Gasteiger partial charge is 0.404 e. The second-order valence-corrected chi connectivity index (χ2v) is 3.97. The van der Waals surface area contributed by atoms with E-state index in [1.54, 1.807) is 12.1 Å². The standard InChI is InChI=1S/C10H12Cl2N2O2/c11-8-2-1-7(5-9(8)12)6-13-3-4-14-10(15)16/h1-2,5,13-14H,3-4,6H2,(H,15,16). The second-order valence-electron chi connectivity index (χ2n) is 3.16. The summed E-state index contributed by atoms with van der Waals surface area (Å²) in [6.07, 6.45) is -1.02. The molecule has 0 aliphatic rings. The summed E-state index contributed by atoms with van der Waals surface area (Å²) in [6.45, 7) is 1.56. The Morgan fingerprint density at radius 3 is 2.62 bits per heavy atom. The van der Waals surface area contributed by atoms with Crippen LogP contribution in [0.25, 0.3) is 0 Å². The van der Waals surface area contributed by atoms with Crippen LogP contribution in [-0.4, -0.2) is 24.3 Å². The molecule has 1 amide bonds. The first-order valence-electron chi connectivity index (χ1n) is 4.71. The molecule has 0 atom stereocenters. The number of amides is 1. The highest BCUT2D eigenvalue weighted by Crippen LogP contribution is 2.22. The summed E-state index contributed by atoms with van der Waals surface area (Å²) >= 11 is 11.6. The molecule has 4 nitrogen and oxygen atoms in total. The van der Waals surface area contributed by atoms with Gasteiger partial charge in [0.05, 0.1) is 10.0 Å². The molecule has 3 N–H and O–H groups in total. The largest absolute Gasteiger partial charge is 0.465 e. The van der Waals surface area contributed by atoms with Gasteiger partial charge < -0.3 is 15.7 Å². The zero-order chi connectivity index (χ0) is 12.0. The fourth-order valence-electron chi connectivity index (χ4n) is 1.14. The monoisotopic (exact) mass is 262 g/mol. The Hall–Kier alpha value is -0.970. The highest BCUT2D eigenvalue weighted by Gasteiger charge is 1.99. The quantitative estimate of drug-likeness (QED) is 0.714. The minimum absolute atomic E-state index is 0.372. The van der Waals surface area contributed by atoms with Crippen molar-refractivity contribution >= 4 is 29.3 Å². The molecule has 0 unspecified atom stereocenters. The van der Waals surface area contributed by atoms with Crippen LogP contribution in [0.2, 0.25) is 10.0 Å². The van der Waals surface area contributed by atoms with Gasteiger partial charge in [0.15, 0.2) is 0 Å². The van der Waals surface area contributed by atoms with Crippen molar-refractivity contribution in [2.45, 2.75) is 6.54 Å². The van der Waals surface area contributed by atoms with Crippen LogP contribution in [0.4, 0.5) is 4.79 Å². The SMILES string of the molecule is O=C(O)NCCNCc1ccc(Cl)c(Cl)c1. The van der Waals surface area contributed by atoms with Gasteiger partial charge in [0.25, 0.3) is 0 Å². The lowest BCUT2D eigenvalue weighted by molar-refractivity contribution is 0.194. The Kier molecular flexibility index (Phi) is 5.38. The fourth-order valence-corrected chi connectivity index (χ4v) is 1.46. The maximum absolute atomic E-state index is 10.1.